The van der Waals surface area contributed by atoms with Gasteiger partial charge in [0.25, 0.3) is 0 Å². The molecule has 0 aromatic heterocycles. The molecule has 1 fully saturated rings. The number of carboxylic acid groups (broad SMARTS) is 1. The Labute approximate surface area is 112 Å². The highest BCUT2D eigenvalue weighted by molar-refractivity contribution is 5.91. The zero-order valence-electron chi connectivity index (χ0n) is 10.9. The number of hydrogen-bond acceptors (Lipinski definition) is 4. The molecule has 19 heavy (non-hydrogen) atoms. The number of hydrogen-bond donors (Lipinski definition) is 3. The van der Waals surface area contributed by atoms with Gasteiger partial charge in [0.1, 0.15) is 0 Å². The van der Waals surface area contributed by atoms with Crippen LogP contribution >= 0.6 is 0 Å². The molecule has 1 unspecified atom stereocenters. The summed E-state index contributed by atoms with van der Waals surface area (Å²) in [6.45, 7) is 5.02. The third-order valence-corrected chi connectivity index (χ3v) is 3.92. The molecule has 102 valence electrons. The Morgan fingerprint density at radius 3 is 3.05 bits per heavy atom. The smallest absolute Gasteiger partial charge is 0.335 e. The first kappa shape index (κ1) is 12.3. The second kappa shape index (κ2) is 5.09. The molecule has 0 spiro atoms. The molecule has 3 rings (SSSR count). The third-order valence-electron chi connectivity index (χ3n) is 3.92. The highest BCUT2D eigenvalue weighted by Crippen LogP contribution is 2.31. The van der Waals surface area contributed by atoms with Crippen LogP contribution in [-0.2, 0) is 0 Å². The van der Waals surface area contributed by atoms with Crippen LogP contribution in [0.25, 0.3) is 0 Å². The maximum absolute atomic E-state index is 11.1. The average Bonchev–Trinajstić information content (AvgIpc) is 2.91. The van der Waals surface area contributed by atoms with E-state index in [0.717, 1.165) is 44.1 Å². The van der Waals surface area contributed by atoms with Gasteiger partial charge in [0.15, 0.2) is 0 Å². The predicted octanol–water partition coefficient (Wildman–Crippen LogP) is 1.23. The van der Waals surface area contributed by atoms with Crippen LogP contribution in [0.2, 0.25) is 0 Å². The summed E-state index contributed by atoms with van der Waals surface area (Å²) < 4.78 is 0. The fraction of sp³-hybridized carbons (Fsp3) is 0.500. The van der Waals surface area contributed by atoms with Crippen molar-refractivity contribution in [2.45, 2.75) is 6.42 Å². The molecule has 0 aliphatic carbocycles. The summed E-state index contributed by atoms with van der Waals surface area (Å²) >= 11 is 0. The molecule has 1 saturated heterocycles. The van der Waals surface area contributed by atoms with Crippen molar-refractivity contribution in [3.05, 3.63) is 23.8 Å². The minimum Gasteiger partial charge on any atom is -0.478 e. The standard InChI is InChI=1S/C14H19N3O2/c18-14(19)11-1-2-12-13(7-11)17(6-5-16-12)9-10-3-4-15-8-10/h1-2,7,10,15-16H,3-6,8-9H2,(H,18,19). The number of nitrogens with zero attached hydrogens (tertiary/aromatic N) is 1. The van der Waals surface area contributed by atoms with E-state index in [2.05, 4.69) is 15.5 Å². The molecule has 2 aliphatic heterocycles. The monoisotopic (exact) mass is 261 g/mol. The Hall–Kier alpha value is -1.75. The average molecular weight is 261 g/mol. The van der Waals surface area contributed by atoms with Crippen LogP contribution in [0, 0.1) is 5.92 Å². The molecular weight excluding hydrogens is 242 g/mol. The largest absolute Gasteiger partial charge is 0.478 e. The Balaban J connectivity index is 1.84. The first-order valence-corrected chi connectivity index (χ1v) is 6.81. The van der Waals surface area contributed by atoms with Crippen LogP contribution in [0.3, 0.4) is 0 Å². The van der Waals surface area contributed by atoms with Gasteiger partial charge in [-0.3, -0.25) is 0 Å². The van der Waals surface area contributed by atoms with E-state index in [1.54, 1.807) is 12.1 Å². The van der Waals surface area contributed by atoms with Gasteiger partial charge in [0.2, 0.25) is 0 Å². The molecule has 2 heterocycles. The molecule has 3 N–H and O–H groups in total. The van der Waals surface area contributed by atoms with Crippen LogP contribution in [0.1, 0.15) is 16.8 Å². The van der Waals surface area contributed by atoms with Gasteiger partial charge in [-0.1, -0.05) is 0 Å². The molecule has 1 aromatic carbocycles. The van der Waals surface area contributed by atoms with Crippen molar-refractivity contribution >= 4 is 17.3 Å². The van der Waals surface area contributed by atoms with Gasteiger partial charge in [-0.2, -0.15) is 0 Å². The van der Waals surface area contributed by atoms with E-state index in [1.165, 1.54) is 6.42 Å². The first-order valence-electron chi connectivity index (χ1n) is 6.81. The number of benzene rings is 1. The SMILES string of the molecule is O=C(O)c1ccc2c(c1)N(CC1CCNC1)CCN2. The van der Waals surface area contributed by atoms with Gasteiger partial charge in [-0.15, -0.1) is 0 Å². The number of fused-ring (bicyclic) bond motifs is 1. The normalized spacial score (nSPS) is 21.9. The van der Waals surface area contributed by atoms with Crippen molar-refractivity contribution in [2.75, 3.05) is 42.9 Å². The summed E-state index contributed by atoms with van der Waals surface area (Å²) in [4.78, 5) is 13.4. The van der Waals surface area contributed by atoms with E-state index in [1.807, 2.05) is 6.07 Å². The van der Waals surface area contributed by atoms with Crippen molar-refractivity contribution in [2.24, 2.45) is 5.92 Å². The zero-order valence-corrected chi connectivity index (χ0v) is 10.9. The number of carbonyl (C=O) groups is 1. The van der Waals surface area contributed by atoms with Crippen molar-refractivity contribution in [3.8, 4) is 0 Å². The van der Waals surface area contributed by atoms with E-state index in [4.69, 9.17) is 5.11 Å². The van der Waals surface area contributed by atoms with E-state index >= 15 is 0 Å². The molecule has 5 nitrogen and oxygen atoms in total. The number of nitrogens with one attached hydrogen (secondary N) is 2. The summed E-state index contributed by atoms with van der Waals surface area (Å²) in [5, 5.41) is 15.8. The van der Waals surface area contributed by atoms with Gasteiger partial charge >= 0.3 is 5.97 Å². The third kappa shape index (κ3) is 2.51. The van der Waals surface area contributed by atoms with Gasteiger partial charge in [-0.05, 0) is 43.6 Å². The van der Waals surface area contributed by atoms with Crippen LogP contribution in [0.5, 0.6) is 0 Å². The van der Waals surface area contributed by atoms with Crippen LogP contribution in [0.4, 0.5) is 11.4 Å². The predicted molar refractivity (Wildman–Crippen MR) is 75.1 cm³/mol. The quantitative estimate of drug-likeness (QED) is 0.763. The molecular formula is C14H19N3O2. The van der Waals surface area contributed by atoms with Crippen molar-refractivity contribution < 1.29 is 9.90 Å². The van der Waals surface area contributed by atoms with Gasteiger partial charge in [0, 0.05) is 19.6 Å². The summed E-state index contributed by atoms with van der Waals surface area (Å²) in [6.07, 6.45) is 1.21. The van der Waals surface area contributed by atoms with Gasteiger partial charge in [-0.25, -0.2) is 4.79 Å². The summed E-state index contributed by atoms with van der Waals surface area (Å²) in [7, 11) is 0. The molecule has 0 radical (unpaired) electrons. The Kier molecular flexibility index (Phi) is 3.29. The van der Waals surface area contributed by atoms with Gasteiger partial charge in [0.05, 0.1) is 16.9 Å². The Morgan fingerprint density at radius 1 is 1.42 bits per heavy atom. The number of anilines is 2. The maximum Gasteiger partial charge on any atom is 0.335 e. The second-order valence-corrected chi connectivity index (χ2v) is 5.27. The topological polar surface area (TPSA) is 64.6 Å². The minimum atomic E-state index is -0.865. The van der Waals surface area contributed by atoms with Crippen molar-refractivity contribution in [1.29, 1.82) is 0 Å². The lowest BCUT2D eigenvalue weighted by atomic mass is 10.1. The lowest BCUT2D eigenvalue weighted by Crippen LogP contribution is -2.38. The summed E-state index contributed by atoms with van der Waals surface area (Å²) in [5.74, 6) is -0.199. The fourth-order valence-corrected chi connectivity index (χ4v) is 2.89. The van der Waals surface area contributed by atoms with E-state index in [0.29, 0.717) is 11.5 Å². The summed E-state index contributed by atoms with van der Waals surface area (Å²) in [6, 6.07) is 5.32. The lowest BCUT2D eigenvalue weighted by molar-refractivity contribution is 0.0697. The zero-order chi connectivity index (χ0) is 13.2. The molecule has 1 aromatic rings. The maximum atomic E-state index is 11.1. The number of aromatic carboxylic acids is 1. The van der Waals surface area contributed by atoms with Crippen LogP contribution < -0.4 is 15.5 Å². The highest BCUT2D eigenvalue weighted by Gasteiger charge is 2.23. The molecule has 0 saturated carbocycles. The second-order valence-electron chi connectivity index (χ2n) is 5.27. The van der Waals surface area contributed by atoms with E-state index in [9.17, 15) is 4.79 Å². The van der Waals surface area contributed by atoms with Gasteiger partial charge < -0.3 is 20.6 Å². The van der Waals surface area contributed by atoms with E-state index < -0.39 is 5.97 Å². The minimum absolute atomic E-state index is 0.358. The molecule has 0 bridgehead atoms. The molecule has 5 heteroatoms. The molecule has 0 amide bonds. The van der Waals surface area contributed by atoms with Crippen molar-refractivity contribution in [3.63, 3.8) is 0 Å². The van der Waals surface area contributed by atoms with Crippen LogP contribution in [0.15, 0.2) is 18.2 Å². The first-order chi connectivity index (χ1) is 9.24. The van der Waals surface area contributed by atoms with Crippen molar-refractivity contribution in [1.82, 2.24) is 5.32 Å². The molecule has 1 atom stereocenters. The Morgan fingerprint density at radius 2 is 2.32 bits per heavy atom. The Bertz CT molecular complexity index is 484. The lowest BCUT2D eigenvalue weighted by Gasteiger charge is -2.34. The fourth-order valence-electron chi connectivity index (χ4n) is 2.89. The summed E-state index contributed by atoms with van der Waals surface area (Å²) in [5.41, 5.74) is 2.43. The number of rotatable bonds is 3. The molecule has 2 aliphatic rings. The highest BCUT2D eigenvalue weighted by atomic mass is 16.4. The van der Waals surface area contributed by atoms with E-state index in [-0.39, 0.29) is 0 Å². The number of carboxylic acids is 1. The van der Waals surface area contributed by atoms with Crippen LogP contribution in [-0.4, -0.2) is 43.8 Å².